The Morgan fingerprint density at radius 1 is 0.962 bits per heavy atom. The molecule has 1 aromatic rings. The fraction of sp³-hybridized carbons (Fsp3) is 0.615. The number of hydrogen-bond donors (Lipinski definition) is 4. The standard InChI is InChI=1S/C39H53N5O7S/c1-8-10-20-28(31(45)34(47)40-23-11-9-2)41-33(46)30-29-27(38(29,6)7)24-44(30)35(48)32(37(3,4)5)42-36(49)43-39(21-16-13-17-22-39)25-52(50,51)26-18-14-12-15-19-26/h1-2,12,14-15,18-19,27-30,32H,10-11,13,16-17,20-25H2,3-7H3,(H,40,47)(H,41,46)(H2,42,43,49)/t27-,28?,29-,30-,32+/m0/s1. The van der Waals surface area contributed by atoms with Crippen LogP contribution in [-0.2, 0) is 29.0 Å². The maximum Gasteiger partial charge on any atom is 0.315 e. The van der Waals surface area contributed by atoms with Gasteiger partial charge in [0.15, 0.2) is 9.84 Å². The number of terminal acetylenes is 2. The smallest absolute Gasteiger partial charge is 0.315 e. The van der Waals surface area contributed by atoms with E-state index in [9.17, 15) is 32.4 Å². The number of piperidine rings is 1. The van der Waals surface area contributed by atoms with E-state index in [-0.39, 0.29) is 60.3 Å². The molecule has 2 saturated carbocycles. The monoisotopic (exact) mass is 735 g/mol. The van der Waals surface area contributed by atoms with Crippen LogP contribution in [0.4, 0.5) is 4.79 Å². The number of nitrogens with zero attached hydrogens (tertiary/aromatic N) is 1. The van der Waals surface area contributed by atoms with Crippen LogP contribution >= 0.6 is 0 Å². The predicted octanol–water partition coefficient (Wildman–Crippen LogP) is 2.97. The second-order valence-electron chi connectivity index (χ2n) is 16.1. The van der Waals surface area contributed by atoms with E-state index < -0.39 is 68.5 Å². The molecule has 4 N–H and O–H groups in total. The van der Waals surface area contributed by atoms with Crippen LogP contribution in [0.5, 0.6) is 0 Å². The topological polar surface area (TPSA) is 171 Å². The normalized spacial score (nSPS) is 22.7. The molecule has 0 spiro atoms. The van der Waals surface area contributed by atoms with Crippen LogP contribution in [0.1, 0.15) is 86.0 Å². The molecule has 52 heavy (non-hydrogen) atoms. The minimum absolute atomic E-state index is 0.00210. The number of urea groups is 1. The number of carbonyl (C=O) groups is 5. The van der Waals surface area contributed by atoms with E-state index in [0.717, 1.165) is 19.3 Å². The van der Waals surface area contributed by atoms with Crippen molar-refractivity contribution in [3.8, 4) is 24.7 Å². The molecule has 1 saturated heterocycles. The van der Waals surface area contributed by atoms with Gasteiger partial charge in [0.05, 0.1) is 22.2 Å². The van der Waals surface area contributed by atoms with E-state index in [1.165, 1.54) is 17.0 Å². The molecule has 5 atom stereocenters. The molecule has 12 nitrogen and oxygen atoms in total. The number of sulfone groups is 1. The van der Waals surface area contributed by atoms with Crippen molar-refractivity contribution in [1.82, 2.24) is 26.2 Å². The molecule has 0 aromatic heterocycles. The van der Waals surface area contributed by atoms with Gasteiger partial charge >= 0.3 is 6.03 Å². The van der Waals surface area contributed by atoms with Gasteiger partial charge in [0.2, 0.25) is 17.6 Å². The molecule has 4 rings (SSSR count). The van der Waals surface area contributed by atoms with Crippen molar-refractivity contribution in [3.05, 3.63) is 30.3 Å². The van der Waals surface area contributed by atoms with Crippen molar-refractivity contribution in [3.63, 3.8) is 0 Å². The second-order valence-corrected chi connectivity index (χ2v) is 18.1. The van der Waals surface area contributed by atoms with Crippen LogP contribution in [0.3, 0.4) is 0 Å². The largest absolute Gasteiger partial charge is 0.348 e. The summed E-state index contributed by atoms with van der Waals surface area (Å²) in [6.07, 6.45) is 14.4. The quantitative estimate of drug-likeness (QED) is 0.129. The van der Waals surface area contributed by atoms with Crippen LogP contribution in [0.2, 0.25) is 0 Å². The summed E-state index contributed by atoms with van der Waals surface area (Å²) in [6, 6.07) is 4.20. The molecule has 3 fully saturated rings. The number of fused-ring (bicyclic) bond motifs is 1. The van der Waals surface area contributed by atoms with Gasteiger partial charge in [-0.3, -0.25) is 19.2 Å². The Kier molecular flexibility index (Phi) is 12.5. The zero-order valence-electron chi connectivity index (χ0n) is 30.9. The number of hydrogen-bond acceptors (Lipinski definition) is 7. The summed E-state index contributed by atoms with van der Waals surface area (Å²) < 4.78 is 27.0. The van der Waals surface area contributed by atoms with Crippen molar-refractivity contribution < 1.29 is 32.4 Å². The molecule has 2 aliphatic carbocycles. The molecule has 1 heterocycles. The highest BCUT2D eigenvalue weighted by molar-refractivity contribution is 7.91. The van der Waals surface area contributed by atoms with E-state index in [1.807, 2.05) is 13.8 Å². The summed E-state index contributed by atoms with van der Waals surface area (Å²) in [5, 5.41) is 11.0. The molecular formula is C39H53N5O7S. The number of amides is 5. The summed E-state index contributed by atoms with van der Waals surface area (Å²) in [4.78, 5) is 69.8. The van der Waals surface area contributed by atoms with Gasteiger partial charge in [-0.2, -0.15) is 0 Å². The molecular weight excluding hydrogens is 683 g/mol. The molecule has 13 heteroatoms. The highest BCUT2D eigenvalue weighted by Gasteiger charge is 2.70. The van der Waals surface area contributed by atoms with Crippen molar-refractivity contribution in [2.75, 3.05) is 18.8 Å². The number of ketones is 1. The van der Waals surface area contributed by atoms with E-state index in [2.05, 4.69) is 33.1 Å². The molecule has 1 aliphatic heterocycles. The predicted molar refractivity (Wildman–Crippen MR) is 197 cm³/mol. The zero-order valence-corrected chi connectivity index (χ0v) is 31.7. The summed E-state index contributed by atoms with van der Waals surface area (Å²) in [5.74, 6) is 1.52. The SMILES string of the molecule is C#CCCNC(=O)C(=O)C(CCC#C)NC(=O)[C@@H]1[C@@H]2[C@H](CN1C(=O)[C@@H](NC(=O)NC1(CS(=O)(=O)c3ccccc3)CCCCC1)C(C)(C)C)C2(C)C. The van der Waals surface area contributed by atoms with Crippen molar-refractivity contribution in [1.29, 1.82) is 0 Å². The number of likely N-dealkylation sites (tertiary alicyclic amines) is 1. The van der Waals surface area contributed by atoms with Crippen LogP contribution in [0.15, 0.2) is 35.2 Å². The van der Waals surface area contributed by atoms with Gasteiger partial charge < -0.3 is 26.2 Å². The van der Waals surface area contributed by atoms with E-state index in [4.69, 9.17) is 12.8 Å². The number of rotatable bonds is 14. The highest BCUT2D eigenvalue weighted by atomic mass is 32.2. The maximum absolute atomic E-state index is 14.5. The molecule has 5 amide bonds. The lowest BCUT2D eigenvalue weighted by Crippen LogP contribution is -2.63. The van der Waals surface area contributed by atoms with Gasteiger partial charge in [-0.05, 0) is 54.1 Å². The van der Waals surface area contributed by atoms with Gasteiger partial charge in [0.25, 0.3) is 5.91 Å². The Hall–Kier alpha value is -4.36. The van der Waals surface area contributed by atoms with Gasteiger partial charge in [-0.25, -0.2) is 13.2 Å². The first-order chi connectivity index (χ1) is 24.4. The molecule has 0 radical (unpaired) electrons. The summed E-state index contributed by atoms with van der Waals surface area (Å²) in [5.41, 5.74) is -2.10. The van der Waals surface area contributed by atoms with Gasteiger partial charge in [-0.1, -0.05) is 72.1 Å². The lowest BCUT2D eigenvalue weighted by atomic mass is 9.83. The average molecular weight is 736 g/mol. The molecule has 1 aromatic carbocycles. The van der Waals surface area contributed by atoms with Crippen molar-refractivity contribution >= 4 is 39.4 Å². The maximum atomic E-state index is 14.5. The molecule has 0 bridgehead atoms. The van der Waals surface area contributed by atoms with Crippen LogP contribution in [0.25, 0.3) is 0 Å². The number of nitrogens with one attached hydrogen (secondary N) is 4. The van der Waals surface area contributed by atoms with E-state index in [0.29, 0.717) is 12.8 Å². The fourth-order valence-electron chi connectivity index (χ4n) is 7.89. The fourth-order valence-corrected chi connectivity index (χ4v) is 9.72. The third-order valence-corrected chi connectivity index (χ3v) is 12.8. The third kappa shape index (κ3) is 9.16. The highest BCUT2D eigenvalue weighted by Crippen LogP contribution is 2.65. The Labute approximate surface area is 308 Å². The Morgan fingerprint density at radius 3 is 2.19 bits per heavy atom. The molecule has 1 unspecified atom stereocenters. The minimum Gasteiger partial charge on any atom is -0.348 e. The van der Waals surface area contributed by atoms with Gasteiger partial charge in [-0.15, -0.1) is 24.7 Å². The van der Waals surface area contributed by atoms with E-state index >= 15 is 0 Å². The van der Waals surface area contributed by atoms with Gasteiger partial charge in [0, 0.05) is 25.9 Å². The van der Waals surface area contributed by atoms with Crippen LogP contribution < -0.4 is 21.3 Å². The first-order valence-electron chi connectivity index (χ1n) is 18.0. The minimum atomic E-state index is -3.74. The van der Waals surface area contributed by atoms with E-state index in [1.54, 1.807) is 39.0 Å². The summed E-state index contributed by atoms with van der Waals surface area (Å²) in [6.45, 7) is 9.80. The van der Waals surface area contributed by atoms with Crippen molar-refractivity contribution in [2.45, 2.75) is 115 Å². The van der Waals surface area contributed by atoms with Crippen LogP contribution in [-0.4, -0.2) is 85.4 Å². The number of carbonyl (C=O) groups excluding carboxylic acids is 5. The molecule has 282 valence electrons. The van der Waals surface area contributed by atoms with Crippen molar-refractivity contribution in [2.24, 2.45) is 22.7 Å². The number of benzene rings is 1. The Balaban J connectivity index is 1.55. The second kappa shape index (κ2) is 16.1. The summed E-state index contributed by atoms with van der Waals surface area (Å²) >= 11 is 0. The van der Waals surface area contributed by atoms with Gasteiger partial charge in [0.1, 0.15) is 12.1 Å². The Bertz CT molecular complexity index is 1710. The zero-order chi connectivity index (χ0) is 38.5. The first-order valence-corrected chi connectivity index (χ1v) is 19.7. The lowest BCUT2D eigenvalue weighted by Gasteiger charge is -2.40. The van der Waals surface area contributed by atoms with Crippen LogP contribution in [0, 0.1) is 47.4 Å². The third-order valence-electron chi connectivity index (χ3n) is 10.9. The average Bonchev–Trinajstić information content (AvgIpc) is 3.38. The lowest BCUT2D eigenvalue weighted by molar-refractivity contribution is -0.145. The Morgan fingerprint density at radius 2 is 1.60 bits per heavy atom. The summed E-state index contributed by atoms with van der Waals surface area (Å²) in [7, 11) is -3.74. The first kappa shape index (κ1) is 40.4. The number of Topliss-reactive ketones (excluding diaryl/α,β-unsaturated/α-hetero) is 1. The molecule has 3 aliphatic rings.